The molecule has 2 aromatic carbocycles. The van der Waals surface area contributed by atoms with Crippen LogP contribution < -0.4 is 32.7 Å². The van der Waals surface area contributed by atoms with Gasteiger partial charge in [-0.05, 0) is 56.7 Å². The summed E-state index contributed by atoms with van der Waals surface area (Å²) in [4.78, 5) is 75.4. The summed E-state index contributed by atoms with van der Waals surface area (Å²) in [5, 5.41) is 28.8. The van der Waals surface area contributed by atoms with Crippen molar-refractivity contribution in [3.05, 3.63) is 71.8 Å². The second-order valence-electron chi connectivity index (χ2n) is 11.0. The van der Waals surface area contributed by atoms with Crippen LogP contribution in [0.15, 0.2) is 60.7 Å². The van der Waals surface area contributed by atoms with Gasteiger partial charge in [0.15, 0.2) is 0 Å². The number of carbonyl (C=O) groups excluding carboxylic acids is 4. The molecule has 0 fully saturated rings. The maximum Gasteiger partial charge on any atom is 0.326 e. The first kappa shape index (κ1) is 37.4. The van der Waals surface area contributed by atoms with Gasteiger partial charge in [0.05, 0.1) is 6.04 Å². The second kappa shape index (κ2) is 19.5. The Morgan fingerprint density at radius 2 is 1.17 bits per heavy atom. The largest absolute Gasteiger partial charge is 0.481 e. The molecule has 14 nitrogen and oxygen atoms in total. The first-order chi connectivity index (χ1) is 21.9. The lowest BCUT2D eigenvalue weighted by molar-refractivity contribution is -0.142. The Bertz CT molecular complexity index is 1310. The lowest BCUT2D eigenvalue weighted by Crippen LogP contribution is -2.58. The van der Waals surface area contributed by atoms with Crippen LogP contribution in [0.3, 0.4) is 0 Å². The van der Waals surface area contributed by atoms with Crippen LogP contribution in [0.4, 0.5) is 0 Å². The van der Waals surface area contributed by atoms with Gasteiger partial charge in [0, 0.05) is 12.8 Å². The molecule has 14 heteroatoms. The van der Waals surface area contributed by atoms with Gasteiger partial charge in [-0.3, -0.25) is 24.0 Å². The molecule has 0 aliphatic heterocycles. The second-order valence-corrected chi connectivity index (χ2v) is 11.0. The van der Waals surface area contributed by atoms with Crippen molar-refractivity contribution in [3.8, 4) is 0 Å². The molecule has 4 amide bonds. The van der Waals surface area contributed by atoms with Crippen molar-refractivity contribution < 1.29 is 39.0 Å². The normalized spacial score (nSPS) is 14.1. The lowest BCUT2D eigenvalue weighted by Gasteiger charge is -2.25. The molecular formula is C32H44N6O8. The topological polar surface area (TPSA) is 243 Å². The number of aliphatic carboxylic acids is 2. The smallest absolute Gasteiger partial charge is 0.326 e. The fourth-order valence-corrected chi connectivity index (χ4v) is 4.53. The number of carboxylic acid groups (broad SMARTS) is 2. The zero-order valence-electron chi connectivity index (χ0n) is 25.8. The quantitative estimate of drug-likeness (QED) is 0.0889. The number of nitrogens with two attached hydrogens (primary N) is 2. The van der Waals surface area contributed by atoms with Crippen LogP contribution in [0, 0.1) is 0 Å². The molecule has 2 rings (SSSR count). The minimum atomic E-state index is -1.31. The van der Waals surface area contributed by atoms with Gasteiger partial charge in [-0.1, -0.05) is 60.7 Å². The van der Waals surface area contributed by atoms with E-state index < -0.39 is 72.2 Å². The van der Waals surface area contributed by atoms with E-state index >= 15 is 0 Å². The Balaban J connectivity index is 2.12. The molecule has 10 N–H and O–H groups in total. The highest BCUT2D eigenvalue weighted by Gasteiger charge is 2.30. The van der Waals surface area contributed by atoms with E-state index in [-0.39, 0.29) is 25.7 Å². The monoisotopic (exact) mass is 640 g/mol. The third kappa shape index (κ3) is 13.4. The molecule has 0 unspecified atom stereocenters. The van der Waals surface area contributed by atoms with Gasteiger partial charge in [-0.15, -0.1) is 0 Å². The van der Waals surface area contributed by atoms with Crippen LogP contribution in [-0.4, -0.2) is 82.5 Å². The average molecular weight is 641 g/mol. The van der Waals surface area contributed by atoms with Gasteiger partial charge in [-0.2, -0.15) is 0 Å². The maximum absolute atomic E-state index is 13.2. The lowest BCUT2D eigenvalue weighted by atomic mass is 10.0. The zero-order chi connectivity index (χ0) is 34.1. The molecule has 0 aliphatic rings. The highest BCUT2D eigenvalue weighted by Crippen LogP contribution is 2.08. The molecule has 0 aliphatic carbocycles. The number of unbranched alkanes of at least 4 members (excludes halogenated alkanes) is 1. The van der Waals surface area contributed by atoms with Crippen molar-refractivity contribution in [2.24, 2.45) is 11.5 Å². The molecule has 0 saturated carbocycles. The minimum Gasteiger partial charge on any atom is -0.481 e. The summed E-state index contributed by atoms with van der Waals surface area (Å²) in [6, 6.07) is 11.8. The summed E-state index contributed by atoms with van der Waals surface area (Å²) < 4.78 is 0. The van der Waals surface area contributed by atoms with Crippen LogP contribution in [-0.2, 0) is 41.6 Å². The Morgan fingerprint density at radius 3 is 1.72 bits per heavy atom. The molecule has 0 heterocycles. The van der Waals surface area contributed by atoms with Crippen LogP contribution in [0.25, 0.3) is 0 Å². The van der Waals surface area contributed by atoms with Gasteiger partial charge < -0.3 is 42.9 Å². The highest BCUT2D eigenvalue weighted by atomic mass is 16.4. The van der Waals surface area contributed by atoms with Crippen LogP contribution in [0.5, 0.6) is 0 Å². The molecule has 250 valence electrons. The van der Waals surface area contributed by atoms with Gasteiger partial charge >= 0.3 is 11.9 Å². The summed E-state index contributed by atoms with van der Waals surface area (Å²) in [5.41, 5.74) is 13.0. The molecule has 2 aromatic rings. The third-order valence-electron chi connectivity index (χ3n) is 7.14. The molecule has 0 spiro atoms. The fraction of sp³-hybridized carbons (Fsp3) is 0.438. The van der Waals surface area contributed by atoms with Gasteiger partial charge in [0.1, 0.15) is 24.2 Å². The number of benzene rings is 2. The SMILES string of the molecule is C[C@H](NC(=O)[C@H](CCC(=O)O)NC(=O)[C@@H](N)Cc1ccccc1)C(=O)N[C@@H](Cc1ccccc1)C(=O)N[C@@H](CCCCN)C(=O)O. The van der Waals surface area contributed by atoms with Crippen LogP contribution in [0.2, 0.25) is 0 Å². The van der Waals surface area contributed by atoms with E-state index in [9.17, 15) is 33.9 Å². The molecule has 5 atom stereocenters. The Kier molecular flexibility index (Phi) is 15.9. The number of amides is 4. The van der Waals surface area contributed by atoms with E-state index in [0.29, 0.717) is 24.9 Å². The van der Waals surface area contributed by atoms with E-state index in [1.54, 1.807) is 54.6 Å². The van der Waals surface area contributed by atoms with Gasteiger partial charge in [-0.25, -0.2) is 4.79 Å². The molecule has 0 radical (unpaired) electrons. The summed E-state index contributed by atoms with van der Waals surface area (Å²) in [6.45, 7) is 1.73. The predicted octanol–water partition coefficient (Wildman–Crippen LogP) is -0.163. The molecule has 0 saturated heterocycles. The Hall–Kier alpha value is -4.82. The highest BCUT2D eigenvalue weighted by molar-refractivity contribution is 5.95. The standard InChI is InChI=1S/C32H44N6O8/c1-20(35-30(43)24(15-16-27(39)40)36-29(42)23(34)18-21-10-4-2-5-11-21)28(41)38-26(19-22-12-6-3-7-13-22)31(44)37-25(32(45)46)14-8-9-17-33/h2-7,10-13,20,23-26H,8-9,14-19,33-34H2,1H3,(H,35,43)(H,36,42)(H,37,44)(H,38,41)(H,39,40)(H,45,46)/t20-,23-,24-,25-,26-/m0/s1. The van der Waals surface area contributed by atoms with E-state index in [1.807, 2.05) is 6.07 Å². The van der Waals surface area contributed by atoms with Crippen LogP contribution in [0.1, 0.15) is 50.2 Å². The van der Waals surface area contributed by atoms with Gasteiger partial charge in [0.25, 0.3) is 0 Å². The first-order valence-electron chi connectivity index (χ1n) is 15.1. The number of hydrogen-bond donors (Lipinski definition) is 8. The maximum atomic E-state index is 13.2. The van der Waals surface area contributed by atoms with Crippen molar-refractivity contribution in [3.63, 3.8) is 0 Å². The van der Waals surface area contributed by atoms with Crippen LogP contribution >= 0.6 is 0 Å². The minimum absolute atomic E-state index is 0.0326. The third-order valence-corrected chi connectivity index (χ3v) is 7.14. The van der Waals surface area contributed by atoms with Crippen molar-refractivity contribution >= 4 is 35.6 Å². The van der Waals surface area contributed by atoms with Gasteiger partial charge in [0.2, 0.25) is 23.6 Å². The van der Waals surface area contributed by atoms with Crippen molar-refractivity contribution in [1.29, 1.82) is 0 Å². The molecule has 46 heavy (non-hydrogen) atoms. The predicted molar refractivity (Wildman–Crippen MR) is 169 cm³/mol. The summed E-state index contributed by atoms with van der Waals surface area (Å²) in [5.74, 6) is -5.40. The zero-order valence-corrected chi connectivity index (χ0v) is 25.8. The van der Waals surface area contributed by atoms with E-state index in [0.717, 1.165) is 5.56 Å². The molecule has 0 bridgehead atoms. The fourth-order valence-electron chi connectivity index (χ4n) is 4.53. The van der Waals surface area contributed by atoms with Crippen molar-refractivity contribution in [2.45, 2.75) is 82.1 Å². The summed E-state index contributed by atoms with van der Waals surface area (Å²) in [7, 11) is 0. The Labute approximate surface area is 267 Å². The number of nitrogens with one attached hydrogen (secondary N) is 4. The van der Waals surface area contributed by atoms with E-state index in [2.05, 4.69) is 21.3 Å². The first-order valence-corrected chi connectivity index (χ1v) is 15.1. The van der Waals surface area contributed by atoms with E-state index in [4.69, 9.17) is 16.6 Å². The molecule has 0 aromatic heterocycles. The number of carbonyl (C=O) groups is 6. The molecular weight excluding hydrogens is 596 g/mol. The number of rotatable bonds is 20. The number of hydrogen-bond acceptors (Lipinski definition) is 8. The summed E-state index contributed by atoms with van der Waals surface area (Å²) in [6.07, 6.45) is 0.706. The van der Waals surface area contributed by atoms with Crippen molar-refractivity contribution in [2.75, 3.05) is 6.54 Å². The average Bonchev–Trinajstić information content (AvgIpc) is 3.02. The van der Waals surface area contributed by atoms with Crippen molar-refractivity contribution in [1.82, 2.24) is 21.3 Å². The Morgan fingerprint density at radius 1 is 0.652 bits per heavy atom. The number of carboxylic acids is 2. The van der Waals surface area contributed by atoms with E-state index in [1.165, 1.54) is 6.92 Å². The summed E-state index contributed by atoms with van der Waals surface area (Å²) >= 11 is 0.